The summed E-state index contributed by atoms with van der Waals surface area (Å²) in [4.78, 5) is 24.2. The van der Waals surface area contributed by atoms with Crippen LogP contribution in [-0.2, 0) is 11.3 Å². The van der Waals surface area contributed by atoms with Crippen molar-refractivity contribution >= 4 is 35.2 Å². The Kier molecular flexibility index (Phi) is 5.06. The lowest BCUT2D eigenvalue weighted by molar-refractivity contribution is 0.0462. The van der Waals surface area contributed by atoms with Gasteiger partial charge in [0.1, 0.15) is 0 Å². The molecule has 0 bridgehead atoms. The highest BCUT2D eigenvalue weighted by Crippen LogP contribution is 2.14. The molecule has 0 amide bonds. The van der Waals surface area contributed by atoms with Gasteiger partial charge in [0.2, 0.25) is 11.9 Å². The first-order chi connectivity index (χ1) is 12.1. The van der Waals surface area contributed by atoms with Gasteiger partial charge in [0.15, 0.2) is 12.4 Å². The summed E-state index contributed by atoms with van der Waals surface area (Å²) in [6.45, 7) is -0.127. The Morgan fingerprint density at radius 2 is 1.76 bits per heavy atom. The van der Waals surface area contributed by atoms with Gasteiger partial charge in [0.05, 0.1) is 5.56 Å². The van der Waals surface area contributed by atoms with Crippen LogP contribution in [0.2, 0.25) is 5.02 Å². The second-order valence-electron chi connectivity index (χ2n) is 5.01. The minimum atomic E-state index is -0.506. The van der Waals surface area contributed by atoms with E-state index in [0.29, 0.717) is 10.6 Å². The zero-order valence-corrected chi connectivity index (χ0v) is 13.8. The van der Waals surface area contributed by atoms with Gasteiger partial charge in [-0.05, 0) is 36.4 Å². The number of carbonyl (C=O) groups is 1. The normalized spacial score (nSPS) is 10.3. The van der Waals surface area contributed by atoms with Gasteiger partial charge in [-0.2, -0.15) is 15.0 Å². The number of aromatic nitrogens is 3. The Balaban J connectivity index is 1.68. The molecular weight excluding hydrogens is 342 g/mol. The fourth-order valence-corrected chi connectivity index (χ4v) is 2.13. The minimum absolute atomic E-state index is 0.0333. The van der Waals surface area contributed by atoms with Crippen molar-refractivity contribution in [2.24, 2.45) is 0 Å². The SMILES string of the molecule is Nc1nc(COC(=O)c2ccc(Cl)cc2)nc(Nc2ccccc2)n1. The Morgan fingerprint density at radius 3 is 2.48 bits per heavy atom. The van der Waals surface area contributed by atoms with E-state index in [4.69, 9.17) is 22.1 Å². The number of benzene rings is 2. The predicted molar refractivity (Wildman–Crippen MR) is 94.5 cm³/mol. The molecule has 2 aromatic carbocycles. The molecule has 0 radical (unpaired) electrons. The second-order valence-corrected chi connectivity index (χ2v) is 5.44. The third kappa shape index (κ3) is 4.65. The van der Waals surface area contributed by atoms with Crippen LogP contribution in [0.1, 0.15) is 16.2 Å². The average Bonchev–Trinajstić information content (AvgIpc) is 2.61. The van der Waals surface area contributed by atoms with Crippen molar-refractivity contribution in [1.29, 1.82) is 0 Å². The molecular formula is C17H14ClN5O2. The molecule has 0 aliphatic rings. The van der Waals surface area contributed by atoms with Crippen molar-refractivity contribution in [2.75, 3.05) is 11.1 Å². The monoisotopic (exact) mass is 355 g/mol. The number of anilines is 3. The van der Waals surface area contributed by atoms with Gasteiger partial charge in [-0.3, -0.25) is 0 Å². The summed E-state index contributed by atoms with van der Waals surface area (Å²) in [5.74, 6) is 0.0451. The van der Waals surface area contributed by atoms with E-state index in [1.165, 1.54) is 0 Å². The maximum atomic E-state index is 12.0. The fraction of sp³-hybridized carbons (Fsp3) is 0.0588. The summed E-state index contributed by atoms with van der Waals surface area (Å²) in [5, 5.41) is 3.55. The van der Waals surface area contributed by atoms with E-state index >= 15 is 0 Å². The van der Waals surface area contributed by atoms with Crippen LogP contribution in [0, 0.1) is 0 Å². The molecule has 0 unspecified atom stereocenters. The first-order valence-corrected chi connectivity index (χ1v) is 7.73. The fourth-order valence-electron chi connectivity index (χ4n) is 2.01. The van der Waals surface area contributed by atoms with Crippen molar-refractivity contribution in [2.45, 2.75) is 6.61 Å². The highest BCUT2D eigenvalue weighted by molar-refractivity contribution is 6.30. The summed E-state index contributed by atoms with van der Waals surface area (Å²) >= 11 is 5.79. The predicted octanol–water partition coefficient (Wildman–Crippen LogP) is 3.21. The van der Waals surface area contributed by atoms with Crippen LogP contribution >= 0.6 is 11.6 Å². The standard InChI is InChI=1S/C17H14ClN5O2/c18-12-8-6-11(7-9-12)15(24)25-10-14-21-16(19)23-17(22-14)20-13-4-2-1-3-5-13/h1-9H,10H2,(H3,19,20,21,22,23). The highest BCUT2D eigenvalue weighted by Gasteiger charge is 2.10. The van der Waals surface area contributed by atoms with Gasteiger partial charge in [-0.1, -0.05) is 29.8 Å². The molecule has 3 aromatic rings. The number of hydrogen-bond acceptors (Lipinski definition) is 7. The maximum Gasteiger partial charge on any atom is 0.338 e. The number of carbonyl (C=O) groups excluding carboxylic acids is 1. The Morgan fingerprint density at radius 1 is 1.04 bits per heavy atom. The van der Waals surface area contributed by atoms with E-state index in [1.807, 2.05) is 30.3 Å². The van der Waals surface area contributed by atoms with Crippen LogP contribution in [0.15, 0.2) is 54.6 Å². The lowest BCUT2D eigenvalue weighted by atomic mass is 10.2. The molecule has 0 fully saturated rings. The van der Waals surface area contributed by atoms with E-state index in [1.54, 1.807) is 24.3 Å². The minimum Gasteiger partial charge on any atom is -0.454 e. The quantitative estimate of drug-likeness (QED) is 0.677. The molecule has 0 atom stereocenters. The number of nitrogens with two attached hydrogens (primary N) is 1. The zero-order valence-electron chi connectivity index (χ0n) is 13.0. The maximum absolute atomic E-state index is 12.0. The number of esters is 1. The molecule has 3 rings (SSSR count). The van der Waals surface area contributed by atoms with Crippen molar-refractivity contribution in [3.63, 3.8) is 0 Å². The number of nitrogens with one attached hydrogen (secondary N) is 1. The number of para-hydroxylation sites is 1. The molecule has 25 heavy (non-hydrogen) atoms. The zero-order chi connectivity index (χ0) is 17.6. The summed E-state index contributed by atoms with van der Waals surface area (Å²) in [7, 11) is 0. The third-order valence-corrected chi connectivity index (χ3v) is 3.39. The molecule has 0 aliphatic heterocycles. The molecule has 1 aromatic heterocycles. The molecule has 0 saturated carbocycles. The number of ether oxygens (including phenoxy) is 1. The topological polar surface area (TPSA) is 103 Å². The summed E-state index contributed by atoms with van der Waals surface area (Å²) in [6, 6.07) is 15.8. The van der Waals surface area contributed by atoms with E-state index in [0.717, 1.165) is 5.69 Å². The smallest absolute Gasteiger partial charge is 0.338 e. The number of rotatable bonds is 5. The van der Waals surface area contributed by atoms with E-state index < -0.39 is 5.97 Å². The lowest BCUT2D eigenvalue weighted by Gasteiger charge is -2.08. The number of nitrogen functional groups attached to an aromatic ring is 1. The molecule has 3 N–H and O–H groups in total. The molecule has 0 aliphatic carbocycles. The van der Waals surface area contributed by atoms with Crippen LogP contribution in [0.3, 0.4) is 0 Å². The summed E-state index contributed by atoms with van der Waals surface area (Å²) < 4.78 is 5.20. The van der Waals surface area contributed by atoms with Crippen LogP contribution < -0.4 is 11.1 Å². The Labute approximate surface area is 148 Å². The molecule has 126 valence electrons. The first-order valence-electron chi connectivity index (χ1n) is 7.35. The molecule has 8 heteroatoms. The number of hydrogen-bond donors (Lipinski definition) is 2. The van der Waals surface area contributed by atoms with Crippen LogP contribution in [0.5, 0.6) is 0 Å². The first kappa shape index (κ1) is 16.7. The van der Waals surface area contributed by atoms with E-state index in [2.05, 4.69) is 20.3 Å². The Hall–Kier alpha value is -3.19. The van der Waals surface area contributed by atoms with Gasteiger partial charge < -0.3 is 15.8 Å². The van der Waals surface area contributed by atoms with Crippen LogP contribution in [0.25, 0.3) is 0 Å². The largest absolute Gasteiger partial charge is 0.454 e. The Bertz CT molecular complexity index is 872. The highest BCUT2D eigenvalue weighted by atomic mass is 35.5. The number of halogens is 1. The second kappa shape index (κ2) is 7.59. The van der Waals surface area contributed by atoms with E-state index in [9.17, 15) is 4.79 Å². The van der Waals surface area contributed by atoms with Crippen LogP contribution in [0.4, 0.5) is 17.6 Å². The average molecular weight is 356 g/mol. The molecule has 7 nitrogen and oxygen atoms in total. The van der Waals surface area contributed by atoms with Gasteiger partial charge in [0, 0.05) is 10.7 Å². The van der Waals surface area contributed by atoms with E-state index in [-0.39, 0.29) is 24.3 Å². The molecule has 0 spiro atoms. The molecule has 0 saturated heterocycles. The lowest BCUT2D eigenvalue weighted by Crippen LogP contribution is -2.11. The van der Waals surface area contributed by atoms with Crippen molar-refractivity contribution in [3.05, 3.63) is 71.0 Å². The van der Waals surface area contributed by atoms with Gasteiger partial charge in [-0.15, -0.1) is 0 Å². The summed E-state index contributed by atoms with van der Waals surface area (Å²) in [6.07, 6.45) is 0. The van der Waals surface area contributed by atoms with Crippen molar-refractivity contribution in [3.8, 4) is 0 Å². The molecule has 1 heterocycles. The third-order valence-electron chi connectivity index (χ3n) is 3.14. The van der Waals surface area contributed by atoms with Crippen molar-refractivity contribution in [1.82, 2.24) is 15.0 Å². The van der Waals surface area contributed by atoms with Crippen LogP contribution in [-0.4, -0.2) is 20.9 Å². The van der Waals surface area contributed by atoms with Gasteiger partial charge >= 0.3 is 5.97 Å². The summed E-state index contributed by atoms with van der Waals surface area (Å²) in [5.41, 5.74) is 6.88. The van der Waals surface area contributed by atoms with Crippen molar-refractivity contribution < 1.29 is 9.53 Å². The van der Waals surface area contributed by atoms with Gasteiger partial charge in [-0.25, -0.2) is 4.79 Å². The number of nitrogens with zero attached hydrogens (tertiary/aromatic N) is 3. The van der Waals surface area contributed by atoms with Gasteiger partial charge in [0.25, 0.3) is 0 Å².